The first kappa shape index (κ1) is 9.84. The van der Waals surface area contributed by atoms with Crippen LogP contribution in [-0.2, 0) is 0 Å². The highest BCUT2D eigenvalue weighted by atomic mass is 127. The van der Waals surface area contributed by atoms with E-state index in [1.807, 2.05) is 12.1 Å². The molecule has 1 nitrogen and oxygen atoms in total. The summed E-state index contributed by atoms with van der Waals surface area (Å²) in [4.78, 5) is 0. The van der Waals surface area contributed by atoms with Crippen molar-refractivity contribution in [3.63, 3.8) is 0 Å². The summed E-state index contributed by atoms with van der Waals surface area (Å²) in [5.41, 5.74) is 1.25. The molecule has 0 fully saturated rings. The van der Waals surface area contributed by atoms with E-state index in [9.17, 15) is 0 Å². The number of hydrogen-bond donors (Lipinski definition) is 0. The first-order chi connectivity index (χ1) is 5.83. The molecule has 1 aromatic rings. The molecular formula is C10H13IO. The Morgan fingerprint density at radius 2 is 2.25 bits per heavy atom. The van der Waals surface area contributed by atoms with E-state index in [1.54, 1.807) is 0 Å². The molecule has 2 heteroatoms. The third kappa shape index (κ3) is 3.43. The summed E-state index contributed by atoms with van der Waals surface area (Å²) in [6, 6.07) is 8.16. The standard InChI is InChI=1S/C10H13IO/c1-9-4-2-5-10(8-9)12-7-3-6-11/h2,4-5,8H,3,6-7H2,1H3. The van der Waals surface area contributed by atoms with Crippen molar-refractivity contribution in [2.24, 2.45) is 0 Å². The van der Waals surface area contributed by atoms with E-state index < -0.39 is 0 Å². The van der Waals surface area contributed by atoms with E-state index in [2.05, 4.69) is 41.6 Å². The van der Waals surface area contributed by atoms with Gasteiger partial charge < -0.3 is 4.74 Å². The number of hydrogen-bond acceptors (Lipinski definition) is 1. The highest BCUT2D eigenvalue weighted by Crippen LogP contribution is 2.12. The lowest BCUT2D eigenvalue weighted by atomic mass is 10.2. The Morgan fingerprint density at radius 3 is 2.92 bits per heavy atom. The molecule has 0 heterocycles. The molecule has 66 valence electrons. The molecule has 1 rings (SSSR count). The monoisotopic (exact) mass is 276 g/mol. The fourth-order valence-corrected chi connectivity index (χ4v) is 1.26. The molecule has 0 saturated carbocycles. The Morgan fingerprint density at radius 1 is 1.42 bits per heavy atom. The highest BCUT2D eigenvalue weighted by molar-refractivity contribution is 14.1. The van der Waals surface area contributed by atoms with Gasteiger partial charge in [-0.1, -0.05) is 34.7 Å². The van der Waals surface area contributed by atoms with Crippen LogP contribution in [0.1, 0.15) is 12.0 Å². The molecule has 1 aromatic carbocycles. The minimum absolute atomic E-state index is 0.826. The summed E-state index contributed by atoms with van der Waals surface area (Å²) in [5.74, 6) is 0.986. The first-order valence-electron chi connectivity index (χ1n) is 4.08. The number of rotatable bonds is 4. The molecule has 0 aliphatic rings. The van der Waals surface area contributed by atoms with Gasteiger partial charge in [0.25, 0.3) is 0 Å². The molecular weight excluding hydrogens is 263 g/mol. The van der Waals surface area contributed by atoms with E-state index >= 15 is 0 Å². The Labute approximate surface area is 87.3 Å². The SMILES string of the molecule is Cc1cccc(OCCCI)c1. The average Bonchev–Trinajstić information content (AvgIpc) is 2.05. The van der Waals surface area contributed by atoms with Gasteiger partial charge in [-0.05, 0) is 31.0 Å². The van der Waals surface area contributed by atoms with Gasteiger partial charge in [0.15, 0.2) is 0 Å². The smallest absolute Gasteiger partial charge is 0.119 e. The highest BCUT2D eigenvalue weighted by Gasteiger charge is 1.92. The van der Waals surface area contributed by atoms with Crippen LogP contribution in [0, 0.1) is 6.92 Å². The van der Waals surface area contributed by atoms with Gasteiger partial charge in [0.05, 0.1) is 6.61 Å². The van der Waals surface area contributed by atoms with Crippen molar-refractivity contribution in [2.45, 2.75) is 13.3 Å². The lowest BCUT2D eigenvalue weighted by molar-refractivity contribution is 0.319. The van der Waals surface area contributed by atoms with Crippen LogP contribution >= 0.6 is 22.6 Å². The largest absolute Gasteiger partial charge is 0.494 e. The Hall–Kier alpha value is -0.250. The number of aryl methyl sites for hydroxylation is 1. The number of alkyl halides is 1. The minimum Gasteiger partial charge on any atom is -0.494 e. The maximum absolute atomic E-state index is 5.52. The predicted octanol–water partition coefficient (Wildman–Crippen LogP) is 3.20. The molecule has 0 aromatic heterocycles. The van der Waals surface area contributed by atoms with Crippen molar-refractivity contribution in [3.05, 3.63) is 29.8 Å². The zero-order chi connectivity index (χ0) is 8.81. The Balaban J connectivity index is 2.41. The number of ether oxygens (including phenoxy) is 1. The minimum atomic E-state index is 0.826. The van der Waals surface area contributed by atoms with Gasteiger partial charge in [0.1, 0.15) is 5.75 Å². The maximum atomic E-state index is 5.52. The predicted molar refractivity (Wildman–Crippen MR) is 60.2 cm³/mol. The van der Waals surface area contributed by atoms with Crippen LogP contribution in [0.5, 0.6) is 5.75 Å². The molecule has 0 aliphatic carbocycles. The first-order valence-corrected chi connectivity index (χ1v) is 5.61. The molecule has 0 radical (unpaired) electrons. The second-order valence-corrected chi connectivity index (χ2v) is 3.79. The number of halogens is 1. The summed E-state index contributed by atoms with van der Waals surface area (Å²) in [5, 5.41) is 0. The molecule has 0 bridgehead atoms. The van der Waals surface area contributed by atoms with Crippen LogP contribution < -0.4 is 4.74 Å². The third-order valence-electron chi connectivity index (χ3n) is 1.54. The molecule has 0 N–H and O–H groups in total. The van der Waals surface area contributed by atoms with Crippen LogP contribution in [0.4, 0.5) is 0 Å². The topological polar surface area (TPSA) is 9.23 Å². The molecule has 0 saturated heterocycles. The van der Waals surface area contributed by atoms with Crippen molar-refractivity contribution in [1.29, 1.82) is 0 Å². The third-order valence-corrected chi connectivity index (χ3v) is 2.30. The molecule has 0 atom stereocenters. The van der Waals surface area contributed by atoms with E-state index in [-0.39, 0.29) is 0 Å². The van der Waals surface area contributed by atoms with Crippen molar-refractivity contribution in [3.8, 4) is 5.75 Å². The average molecular weight is 276 g/mol. The van der Waals surface area contributed by atoms with Gasteiger partial charge in [-0.15, -0.1) is 0 Å². The fraction of sp³-hybridized carbons (Fsp3) is 0.400. The Bertz CT molecular complexity index is 235. The molecule has 0 amide bonds. The van der Waals surface area contributed by atoms with E-state index in [0.717, 1.165) is 23.2 Å². The van der Waals surface area contributed by atoms with E-state index in [4.69, 9.17) is 4.74 Å². The van der Waals surface area contributed by atoms with Crippen molar-refractivity contribution >= 4 is 22.6 Å². The normalized spacial score (nSPS) is 9.83. The summed E-state index contributed by atoms with van der Waals surface area (Å²) in [6.07, 6.45) is 1.12. The quantitative estimate of drug-likeness (QED) is 0.466. The lowest BCUT2D eigenvalue weighted by Gasteiger charge is -2.04. The molecule has 0 unspecified atom stereocenters. The van der Waals surface area contributed by atoms with Gasteiger partial charge in [0, 0.05) is 4.43 Å². The maximum Gasteiger partial charge on any atom is 0.119 e. The zero-order valence-electron chi connectivity index (χ0n) is 7.22. The molecule has 0 aliphatic heterocycles. The molecule has 0 spiro atoms. The summed E-state index contributed by atoms with van der Waals surface area (Å²) < 4.78 is 6.68. The van der Waals surface area contributed by atoms with Crippen molar-refractivity contribution in [2.75, 3.05) is 11.0 Å². The second-order valence-electron chi connectivity index (χ2n) is 2.71. The van der Waals surface area contributed by atoms with Gasteiger partial charge in [-0.2, -0.15) is 0 Å². The van der Waals surface area contributed by atoms with Crippen LogP contribution in [0.25, 0.3) is 0 Å². The van der Waals surface area contributed by atoms with Crippen LogP contribution in [0.3, 0.4) is 0 Å². The summed E-state index contributed by atoms with van der Waals surface area (Å²) >= 11 is 2.36. The van der Waals surface area contributed by atoms with E-state index in [1.165, 1.54) is 5.56 Å². The van der Waals surface area contributed by atoms with Gasteiger partial charge in [0.2, 0.25) is 0 Å². The van der Waals surface area contributed by atoms with Gasteiger partial charge in [-0.3, -0.25) is 0 Å². The van der Waals surface area contributed by atoms with Crippen molar-refractivity contribution < 1.29 is 4.74 Å². The summed E-state index contributed by atoms with van der Waals surface area (Å²) in [7, 11) is 0. The molecule has 12 heavy (non-hydrogen) atoms. The Kier molecular flexibility index (Phi) is 4.43. The van der Waals surface area contributed by atoms with Gasteiger partial charge >= 0.3 is 0 Å². The van der Waals surface area contributed by atoms with Crippen molar-refractivity contribution in [1.82, 2.24) is 0 Å². The van der Waals surface area contributed by atoms with Crippen LogP contribution in [0.15, 0.2) is 24.3 Å². The fourth-order valence-electron chi connectivity index (χ4n) is 0.950. The number of benzene rings is 1. The zero-order valence-corrected chi connectivity index (χ0v) is 9.37. The van der Waals surface area contributed by atoms with Crippen LogP contribution in [0.2, 0.25) is 0 Å². The van der Waals surface area contributed by atoms with Gasteiger partial charge in [-0.25, -0.2) is 0 Å². The lowest BCUT2D eigenvalue weighted by Crippen LogP contribution is -1.97. The van der Waals surface area contributed by atoms with Crippen LogP contribution in [-0.4, -0.2) is 11.0 Å². The second kappa shape index (κ2) is 5.41. The summed E-state index contributed by atoms with van der Waals surface area (Å²) in [6.45, 7) is 2.90. The van der Waals surface area contributed by atoms with E-state index in [0.29, 0.717) is 0 Å².